The molecule has 0 aromatic heterocycles. The first-order chi connectivity index (χ1) is 16.2. The zero-order valence-corrected chi connectivity index (χ0v) is 20.5. The van der Waals surface area contributed by atoms with E-state index in [1.165, 1.54) is 4.31 Å². The molecule has 2 unspecified atom stereocenters. The zero-order chi connectivity index (χ0) is 24.5. The summed E-state index contributed by atoms with van der Waals surface area (Å²) in [4.78, 5) is 12.8. The predicted octanol–water partition coefficient (Wildman–Crippen LogP) is 5.61. The summed E-state index contributed by atoms with van der Waals surface area (Å²) in [6.07, 6.45) is 1.87. The van der Waals surface area contributed by atoms with Crippen molar-refractivity contribution in [2.24, 2.45) is 0 Å². The smallest absolute Gasteiger partial charge is 0.272 e. The van der Waals surface area contributed by atoms with Crippen LogP contribution in [0, 0.1) is 6.92 Å². The number of amides is 1. The van der Waals surface area contributed by atoms with Gasteiger partial charge in [-0.05, 0) is 60.4 Å². The maximum Gasteiger partial charge on any atom is 0.272 e. The van der Waals surface area contributed by atoms with Gasteiger partial charge in [0.2, 0.25) is 10.0 Å². The van der Waals surface area contributed by atoms with Crippen LogP contribution >= 0.6 is 23.2 Å². The molecule has 0 spiro atoms. The summed E-state index contributed by atoms with van der Waals surface area (Å²) < 4.78 is 29.8. The van der Waals surface area contributed by atoms with Gasteiger partial charge in [0.1, 0.15) is 0 Å². The second-order valence-corrected chi connectivity index (χ2v) is 10.6. The molecule has 3 aromatic rings. The summed E-state index contributed by atoms with van der Waals surface area (Å²) in [5.74, 6) is -0.787. The van der Waals surface area contributed by atoms with E-state index in [0.717, 1.165) is 0 Å². The highest BCUT2D eigenvalue weighted by Gasteiger charge is 2.44. The van der Waals surface area contributed by atoms with Crippen molar-refractivity contribution < 1.29 is 18.4 Å². The fourth-order valence-corrected chi connectivity index (χ4v) is 6.62. The monoisotopic (exact) mass is 516 g/mol. The maximum absolute atomic E-state index is 14.2. The molecule has 1 aliphatic rings. The molecule has 2 atom stereocenters. The van der Waals surface area contributed by atoms with E-state index in [0.29, 0.717) is 26.7 Å². The van der Waals surface area contributed by atoms with Crippen LogP contribution in [0.3, 0.4) is 0 Å². The molecule has 176 valence electrons. The van der Waals surface area contributed by atoms with E-state index in [2.05, 4.69) is 0 Å². The van der Waals surface area contributed by atoms with E-state index < -0.39 is 28.0 Å². The first kappa shape index (κ1) is 24.4. The lowest BCUT2D eigenvalue weighted by molar-refractivity contribution is -0.126. The highest BCUT2D eigenvalue weighted by Crippen LogP contribution is 2.46. The third-order valence-electron chi connectivity index (χ3n) is 5.85. The first-order valence-electron chi connectivity index (χ1n) is 10.5. The Balaban J connectivity index is 2.00. The van der Waals surface area contributed by atoms with E-state index in [-0.39, 0.29) is 16.9 Å². The van der Waals surface area contributed by atoms with Crippen LogP contribution in [0.25, 0.3) is 0 Å². The number of halogens is 2. The minimum absolute atomic E-state index is 0.104. The standard InChI is InChI=1S/C25H22Cl2N2O4S/c1-16-5-2-3-8-23(16)34(32,33)29-22(17-9-11-19(26)12-10-17)14-13-21(25(30)28-31)24(29)18-6-4-7-20(27)15-18/h2-13,15,22,24,31H,14H2,1H3,(H,28,30). The number of carbonyl (C=O) groups excluding carboxylic acids is 1. The molecule has 1 aliphatic heterocycles. The van der Waals surface area contributed by atoms with E-state index in [1.807, 2.05) is 0 Å². The van der Waals surface area contributed by atoms with Gasteiger partial charge in [-0.15, -0.1) is 0 Å². The van der Waals surface area contributed by atoms with Gasteiger partial charge in [0.15, 0.2) is 0 Å². The van der Waals surface area contributed by atoms with Gasteiger partial charge in [0, 0.05) is 15.6 Å². The molecule has 0 aliphatic carbocycles. The molecule has 0 bridgehead atoms. The molecular weight excluding hydrogens is 495 g/mol. The second-order valence-electron chi connectivity index (χ2n) is 7.96. The van der Waals surface area contributed by atoms with Gasteiger partial charge >= 0.3 is 0 Å². The lowest BCUT2D eigenvalue weighted by atomic mass is 9.89. The number of aryl methyl sites for hydroxylation is 1. The molecule has 4 rings (SSSR count). The largest absolute Gasteiger partial charge is 0.288 e. The molecule has 0 saturated heterocycles. The molecule has 1 heterocycles. The molecule has 0 fully saturated rings. The van der Waals surface area contributed by atoms with Gasteiger partial charge < -0.3 is 0 Å². The van der Waals surface area contributed by atoms with Crippen LogP contribution in [0.15, 0.2) is 89.3 Å². The molecule has 34 heavy (non-hydrogen) atoms. The van der Waals surface area contributed by atoms with E-state index in [4.69, 9.17) is 23.2 Å². The van der Waals surface area contributed by atoms with Gasteiger partial charge in [-0.3, -0.25) is 10.0 Å². The predicted molar refractivity (Wildman–Crippen MR) is 131 cm³/mol. The Labute approximate surface area is 208 Å². The highest BCUT2D eigenvalue weighted by molar-refractivity contribution is 7.89. The fraction of sp³-hybridized carbons (Fsp3) is 0.160. The Morgan fingerprint density at radius 1 is 0.971 bits per heavy atom. The highest BCUT2D eigenvalue weighted by atomic mass is 35.5. The van der Waals surface area contributed by atoms with Crippen molar-refractivity contribution in [2.75, 3.05) is 0 Å². The van der Waals surface area contributed by atoms with Crippen LogP contribution in [0.4, 0.5) is 0 Å². The number of nitrogens with one attached hydrogen (secondary N) is 1. The maximum atomic E-state index is 14.2. The van der Waals surface area contributed by atoms with Crippen LogP contribution in [0.1, 0.15) is 35.2 Å². The number of benzene rings is 3. The average molecular weight is 517 g/mol. The normalized spacial score (nSPS) is 18.9. The Kier molecular flexibility index (Phi) is 7.12. The van der Waals surface area contributed by atoms with Crippen molar-refractivity contribution >= 4 is 39.1 Å². The summed E-state index contributed by atoms with van der Waals surface area (Å²) in [5, 5.41) is 10.3. The lowest BCUT2D eigenvalue weighted by Gasteiger charge is -2.41. The van der Waals surface area contributed by atoms with Crippen molar-refractivity contribution in [3.05, 3.63) is 111 Å². The van der Waals surface area contributed by atoms with Crippen molar-refractivity contribution in [1.82, 2.24) is 9.79 Å². The summed E-state index contributed by atoms with van der Waals surface area (Å²) in [6, 6.07) is 18.6. The third kappa shape index (κ3) is 4.62. The minimum atomic E-state index is -4.13. The zero-order valence-electron chi connectivity index (χ0n) is 18.2. The Hall–Kier alpha value is -2.68. The molecule has 3 aromatic carbocycles. The van der Waals surface area contributed by atoms with E-state index in [9.17, 15) is 18.4 Å². The minimum Gasteiger partial charge on any atom is -0.288 e. The topological polar surface area (TPSA) is 86.7 Å². The SMILES string of the molecule is Cc1ccccc1S(=O)(=O)N1C(c2ccc(Cl)cc2)CC=C(C(=O)NO)C1c1cccc(Cl)c1. The number of carbonyl (C=O) groups is 1. The summed E-state index contributed by atoms with van der Waals surface area (Å²) in [5.41, 5.74) is 3.55. The van der Waals surface area contributed by atoms with Gasteiger partial charge in [-0.25, -0.2) is 13.9 Å². The number of nitrogens with zero attached hydrogens (tertiary/aromatic N) is 1. The number of hydrogen-bond donors (Lipinski definition) is 2. The van der Waals surface area contributed by atoms with E-state index in [1.54, 1.807) is 91.3 Å². The van der Waals surface area contributed by atoms with Gasteiger partial charge in [-0.1, -0.05) is 71.7 Å². The van der Waals surface area contributed by atoms with Crippen LogP contribution in [0.2, 0.25) is 10.0 Å². The number of hydrogen-bond acceptors (Lipinski definition) is 4. The van der Waals surface area contributed by atoms with Crippen molar-refractivity contribution in [3.63, 3.8) is 0 Å². The quantitative estimate of drug-likeness (QED) is 0.340. The fourth-order valence-electron chi connectivity index (χ4n) is 4.29. The summed E-state index contributed by atoms with van der Waals surface area (Å²) in [7, 11) is -4.13. The van der Waals surface area contributed by atoms with Crippen molar-refractivity contribution in [3.8, 4) is 0 Å². The van der Waals surface area contributed by atoms with Crippen LogP contribution in [0.5, 0.6) is 0 Å². The van der Waals surface area contributed by atoms with Gasteiger partial charge in [0.25, 0.3) is 5.91 Å². The molecule has 0 saturated carbocycles. The lowest BCUT2D eigenvalue weighted by Crippen LogP contribution is -2.44. The molecule has 1 amide bonds. The van der Waals surface area contributed by atoms with Gasteiger partial charge in [-0.2, -0.15) is 4.31 Å². The number of sulfonamides is 1. The summed E-state index contributed by atoms with van der Waals surface area (Å²) in [6.45, 7) is 1.72. The van der Waals surface area contributed by atoms with Crippen molar-refractivity contribution in [2.45, 2.75) is 30.3 Å². The first-order valence-corrected chi connectivity index (χ1v) is 12.7. The number of rotatable bonds is 5. The Bertz CT molecular complexity index is 1360. The van der Waals surface area contributed by atoms with Crippen LogP contribution in [-0.2, 0) is 14.8 Å². The van der Waals surface area contributed by atoms with Crippen molar-refractivity contribution in [1.29, 1.82) is 0 Å². The molecule has 0 radical (unpaired) electrons. The number of hydroxylamine groups is 1. The molecular formula is C25H22Cl2N2O4S. The molecule has 9 heteroatoms. The van der Waals surface area contributed by atoms with E-state index >= 15 is 0 Å². The Morgan fingerprint density at radius 2 is 1.68 bits per heavy atom. The molecule has 6 nitrogen and oxygen atoms in total. The second kappa shape index (κ2) is 9.90. The third-order valence-corrected chi connectivity index (χ3v) is 8.37. The summed E-state index contributed by atoms with van der Waals surface area (Å²) >= 11 is 12.3. The van der Waals surface area contributed by atoms with Crippen LogP contribution < -0.4 is 5.48 Å². The molecule has 2 N–H and O–H groups in total. The van der Waals surface area contributed by atoms with Gasteiger partial charge in [0.05, 0.1) is 17.0 Å². The van der Waals surface area contributed by atoms with Crippen LogP contribution in [-0.4, -0.2) is 23.8 Å². The Morgan fingerprint density at radius 3 is 2.32 bits per heavy atom. The average Bonchev–Trinajstić information content (AvgIpc) is 2.83.